The van der Waals surface area contributed by atoms with Gasteiger partial charge in [-0.05, 0) is 36.4 Å². The second-order valence-corrected chi connectivity index (χ2v) is 7.38. The second-order valence-electron chi connectivity index (χ2n) is 5.76. The molecule has 20 heavy (non-hydrogen) atoms. The van der Waals surface area contributed by atoms with Crippen LogP contribution in [0, 0.1) is 5.92 Å². The Labute approximate surface area is 126 Å². The van der Waals surface area contributed by atoms with E-state index >= 15 is 0 Å². The Hall–Kier alpha value is -0.670. The molecule has 1 rings (SSSR count). The summed E-state index contributed by atoms with van der Waals surface area (Å²) >= 11 is 0. The Kier molecular flexibility index (Phi) is 8.08. The van der Waals surface area contributed by atoms with Crippen LogP contribution in [0.1, 0.15) is 51.3 Å². The summed E-state index contributed by atoms with van der Waals surface area (Å²) in [5.74, 6) is 2.20. The fraction of sp³-hybridized carbons (Fsp3) is 0.647. The third-order valence-corrected chi connectivity index (χ3v) is 4.83. The van der Waals surface area contributed by atoms with Crippen LogP contribution in [0.25, 0.3) is 0 Å². The van der Waals surface area contributed by atoms with Gasteiger partial charge in [0, 0.05) is 28.3 Å². The smallest absolute Gasteiger partial charge is 0.0436 e. The average molecular weight is 295 g/mol. The minimum Gasteiger partial charge on any atom is -0.309 e. The van der Waals surface area contributed by atoms with Gasteiger partial charge < -0.3 is 5.32 Å². The molecule has 0 bridgehead atoms. The molecule has 0 saturated heterocycles. The van der Waals surface area contributed by atoms with E-state index in [1.807, 2.05) is 0 Å². The lowest BCUT2D eigenvalue weighted by molar-refractivity contribution is 0.593. The Bertz CT molecular complexity index is 400. The minimum absolute atomic E-state index is 0.209. The van der Waals surface area contributed by atoms with Crippen LogP contribution in [0.5, 0.6) is 0 Å². The van der Waals surface area contributed by atoms with Crippen LogP contribution in [0.4, 0.5) is 0 Å². The highest BCUT2D eigenvalue weighted by molar-refractivity contribution is 7.85. The van der Waals surface area contributed by atoms with Crippen LogP contribution in [-0.2, 0) is 17.2 Å². The normalized spacial score (nSPS) is 14.4. The molecular formula is C17H29NOS. The number of hydrogen-bond donors (Lipinski definition) is 1. The van der Waals surface area contributed by atoms with Crippen molar-refractivity contribution in [2.24, 2.45) is 5.92 Å². The summed E-state index contributed by atoms with van der Waals surface area (Å²) in [4.78, 5) is 0. The van der Waals surface area contributed by atoms with Crippen molar-refractivity contribution in [3.63, 3.8) is 0 Å². The van der Waals surface area contributed by atoms with Crippen LogP contribution in [0.2, 0.25) is 0 Å². The first-order valence-electron chi connectivity index (χ1n) is 7.74. The van der Waals surface area contributed by atoms with Gasteiger partial charge in [0.2, 0.25) is 0 Å². The van der Waals surface area contributed by atoms with Crippen molar-refractivity contribution in [1.82, 2.24) is 5.32 Å². The van der Waals surface area contributed by atoms with E-state index in [1.165, 1.54) is 11.1 Å². The number of rotatable bonds is 9. The Morgan fingerprint density at radius 1 is 1.15 bits per heavy atom. The van der Waals surface area contributed by atoms with Gasteiger partial charge in [-0.3, -0.25) is 4.21 Å². The van der Waals surface area contributed by atoms with Crippen LogP contribution < -0.4 is 5.32 Å². The van der Waals surface area contributed by atoms with Gasteiger partial charge in [0.1, 0.15) is 0 Å². The van der Waals surface area contributed by atoms with E-state index in [0.29, 0.717) is 11.7 Å². The maximum Gasteiger partial charge on any atom is 0.0436 e. The lowest BCUT2D eigenvalue weighted by atomic mass is 10.00. The monoisotopic (exact) mass is 295 g/mol. The van der Waals surface area contributed by atoms with Gasteiger partial charge >= 0.3 is 0 Å². The summed E-state index contributed by atoms with van der Waals surface area (Å²) in [6, 6.07) is 9.01. The number of benzene rings is 1. The molecule has 0 saturated carbocycles. The molecule has 0 aromatic heterocycles. The van der Waals surface area contributed by atoms with E-state index in [0.717, 1.165) is 25.1 Å². The summed E-state index contributed by atoms with van der Waals surface area (Å²) in [7, 11) is -0.729. The highest BCUT2D eigenvalue weighted by Crippen LogP contribution is 2.17. The fourth-order valence-electron chi connectivity index (χ4n) is 2.37. The van der Waals surface area contributed by atoms with E-state index in [4.69, 9.17) is 0 Å². The van der Waals surface area contributed by atoms with E-state index in [2.05, 4.69) is 57.3 Å². The first-order valence-corrected chi connectivity index (χ1v) is 9.22. The predicted molar refractivity (Wildman–Crippen MR) is 89.6 cm³/mol. The highest BCUT2D eigenvalue weighted by Gasteiger charge is 2.13. The van der Waals surface area contributed by atoms with Crippen molar-refractivity contribution in [2.45, 2.75) is 46.6 Å². The van der Waals surface area contributed by atoms with Crippen molar-refractivity contribution in [2.75, 3.05) is 18.1 Å². The predicted octanol–water partition coefficient (Wildman–Crippen LogP) is 3.69. The van der Waals surface area contributed by atoms with Crippen molar-refractivity contribution in [3.05, 3.63) is 35.4 Å². The molecule has 1 aromatic rings. The zero-order chi connectivity index (χ0) is 15.0. The SMILES string of the molecule is CCCS(=O)CC(NCC)c1ccc(CC(C)C)cc1. The van der Waals surface area contributed by atoms with Gasteiger partial charge in [-0.2, -0.15) is 0 Å². The molecule has 0 aliphatic carbocycles. The standard InChI is InChI=1S/C17H29NOS/c1-5-11-20(19)13-17(18-6-2)16-9-7-15(8-10-16)12-14(3)4/h7-10,14,17-18H,5-6,11-13H2,1-4H3. The molecule has 2 unspecified atom stereocenters. The number of nitrogens with one attached hydrogen (secondary N) is 1. The average Bonchev–Trinajstić information content (AvgIpc) is 2.39. The Morgan fingerprint density at radius 3 is 2.30 bits per heavy atom. The van der Waals surface area contributed by atoms with Gasteiger partial charge in [0.15, 0.2) is 0 Å². The van der Waals surface area contributed by atoms with Crippen LogP contribution in [0.3, 0.4) is 0 Å². The molecule has 3 heteroatoms. The van der Waals surface area contributed by atoms with Crippen molar-refractivity contribution in [3.8, 4) is 0 Å². The summed E-state index contributed by atoms with van der Waals surface area (Å²) in [5, 5.41) is 3.46. The zero-order valence-corrected chi connectivity index (χ0v) is 14.1. The van der Waals surface area contributed by atoms with Crippen LogP contribution >= 0.6 is 0 Å². The van der Waals surface area contributed by atoms with Crippen molar-refractivity contribution >= 4 is 10.8 Å². The second kappa shape index (κ2) is 9.30. The maximum absolute atomic E-state index is 12.0. The molecule has 1 N–H and O–H groups in total. The lowest BCUT2D eigenvalue weighted by Crippen LogP contribution is -2.26. The molecule has 0 spiro atoms. The topological polar surface area (TPSA) is 29.1 Å². The Balaban J connectivity index is 2.73. The number of hydrogen-bond acceptors (Lipinski definition) is 2. The molecular weight excluding hydrogens is 266 g/mol. The zero-order valence-electron chi connectivity index (χ0n) is 13.3. The summed E-state index contributed by atoms with van der Waals surface area (Å²) < 4.78 is 12.0. The molecule has 2 atom stereocenters. The van der Waals surface area contributed by atoms with Crippen molar-refractivity contribution in [1.29, 1.82) is 0 Å². The van der Waals surface area contributed by atoms with Crippen molar-refractivity contribution < 1.29 is 4.21 Å². The molecule has 1 aromatic carbocycles. The first kappa shape index (κ1) is 17.4. The largest absolute Gasteiger partial charge is 0.309 e. The van der Waals surface area contributed by atoms with E-state index < -0.39 is 10.8 Å². The Morgan fingerprint density at radius 2 is 1.80 bits per heavy atom. The molecule has 0 radical (unpaired) electrons. The first-order chi connectivity index (χ1) is 9.56. The molecule has 0 aliphatic heterocycles. The van der Waals surface area contributed by atoms with Gasteiger partial charge in [0.25, 0.3) is 0 Å². The summed E-state index contributed by atoms with van der Waals surface area (Å²) in [5.41, 5.74) is 2.64. The van der Waals surface area contributed by atoms with Crippen LogP contribution in [0.15, 0.2) is 24.3 Å². The van der Waals surface area contributed by atoms with Gasteiger partial charge in [-0.25, -0.2) is 0 Å². The minimum atomic E-state index is -0.729. The lowest BCUT2D eigenvalue weighted by Gasteiger charge is -2.18. The van der Waals surface area contributed by atoms with E-state index in [9.17, 15) is 4.21 Å². The molecule has 0 heterocycles. The quantitative estimate of drug-likeness (QED) is 0.753. The van der Waals surface area contributed by atoms with Gasteiger partial charge in [-0.1, -0.05) is 52.0 Å². The highest BCUT2D eigenvalue weighted by atomic mass is 32.2. The molecule has 0 aliphatic rings. The van der Waals surface area contributed by atoms with Crippen LogP contribution in [-0.4, -0.2) is 22.3 Å². The van der Waals surface area contributed by atoms with E-state index in [1.54, 1.807) is 0 Å². The summed E-state index contributed by atoms with van der Waals surface area (Å²) in [6.07, 6.45) is 2.10. The summed E-state index contributed by atoms with van der Waals surface area (Å²) in [6.45, 7) is 9.57. The third kappa shape index (κ3) is 6.19. The van der Waals surface area contributed by atoms with Gasteiger partial charge in [0.05, 0.1) is 0 Å². The fourth-order valence-corrected chi connectivity index (χ4v) is 3.68. The maximum atomic E-state index is 12.0. The molecule has 0 amide bonds. The third-order valence-electron chi connectivity index (χ3n) is 3.26. The molecule has 114 valence electrons. The molecule has 0 fully saturated rings. The van der Waals surface area contributed by atoms with Gasteiger partial charge in [-0.15, -0.1) is 0 Å². The molecule has 2 nitrogen and oxygen atoms in total. The van der Waals surface area contributed by atoms with E-state index in [-0.39, 0.29) is 6.04 Å².